The number of Topliss-reactive ketones (excluding diaryl/α,β-unsaturated/α-hetero) is 1. The number of rotatable bonds is 13. The van der Waals surface area contributed by atoms with E-state index in [4.69, 9.17) is 19.3 Å². The fourth-order valence-corrected chi connectivity index (χ4v) is 6.01. The molecule has 5 rings (SSSR count). The molecule has 0 radical (unpaired) electrons. The average Bonchev–Trinajstić information content (AvgIpc) is 3.24. The molecule has 0 spiro atoms. The summed E-state index contributed by atoms with van der Waals surface area (Å²) >= 11 is 3.70. The molecule has 5 nitrogen and oxygen atoms in total. The van der Waals surface area contributed by atoms with Gasteiger partial charge in [-0.3, -0.25) is 4.79 Å². The van der Waals surface area contributed by atoms with Gasteiger partial charge in [-0.05, 0) is 82.6 Å². The summed E-state index contributed by atoms with van der Waals surface area (Å²) in [5.41, 5.74) is 9.37. The molecule has 212 valence electrons. The molecule has 0 heterocycles. The maximum atomic E-state index is 12.9. The van der Waals surface area contributed by atoms with E-state index in [-0.39, 0.29) is 12.4 Å². The number of carbonyl (C=O) groups is 1. The maximum Gasteiger partial charge on any atom is 0.160 e. The van der Waals surface area contributed by atoms with Crippen molar-refractivity contribution in [3.05, 3.63) is 117 Å². The molecule has 41 heavy (non-hydrogen) atoms. The number of carbonyl (C=O) groups excluding carboxylic acids is 1. The summed E-state index contributed by atoms with van der Waals surface area (Å²) in [5.74, 6) is 0.0112. The van der Waals surface area contributed by atoms with Crippen molar-refractivity contribution in [3.8, 4) is 22.3 Å². The van der Waals surface area contributed by atoms with Gasteiger partial charge >= 0.3 is 0 Å². The van der Waals surface area contributed by atoms with Gasteiger partial charge in [0.05, 0.1) is 46.2 Å². The zero-order valence-corrected chi connectivity index (χ0v) is 25.1. The lowest BCUT2D eigenvalue weighted by Crippen LogP contribution is -2.23. The van der Waals surface area contributed by atoms with Crippen LogP contribution < -0.4 is 0 Å². The van der Waals surface area contributed by atoms with Crippen LogP contribution in [0, 0.1) is 0 Å². The Labute approximate surface area is 250 Å². The fraction of sp³-hybridized carbons (Fsp3) is 0.286. The lowest BCUT2D eigenvalue weighted by atomic mass is 9.73. The van der Waals surface area contributed by atoms with Gasteiger partial charge < -0.3 is 19.3 Å². The third-order valence-corrected chi connectivity index (χ3v) is 8.27. The number of aliphatic hydroxyl groups excluding tert-OH is 1. The molecule has 4 aromatic rings. The molecule has 0 amide bonds. The third-order valence-electron chi connectivity index (χ3n) is 7.78. The summed E-state index contributed by atoms with van der Waals surface area (Å²) in [4.78, 5) is 12.9. The van der Waals surface area contributed by atoms with Crippen molar-refractivity contribution in [3.63, 3.8) is 0 Å². The summed E-state index contributed by atoms with van der Waals surface area (Å²) in [7, 11) is 0. The van der Waals surface area contributed by atoms with Gasteiger partial charge in [0.1, 0.15) is 0 Å². The summed E-state index contributed by atoms with van der Waals surface area (Å²) < 4.78 is 17.6. The zero-order valence-electron chi connectivity index (χ0n) is 23.5. The largest absolute Gasteiger partial charge is 0.394 e. The van der Waals surface area contributed by atoms with Gasteiger partial charge in [0.15, 0.2) is 5.78 Å². The first-order valence-corrected chi connectivity index (χ1v) is 14.7. The summed E-state index contributed by atoms with van der Waals surface area (Å²) in [6, 6.07) is 29.8. The molecule has 0 aromatic heterocycles. The molecule has 1 unspecified atom stereocenters. The van der Waals surface area contributed by atoms with E-state index >= 15 is 0 Å². The van der Waals surface area contributed by atoms with Crippen LogP contribution in [0.4, 0.5) is 0 Å². The van der Waals surface area contributed by atoms with Crippen LogP contribution in [0.15, 0.2) is 89.4 Å². The number of benzene rings is 4. The monoisotopic (exact) mass is 614 g/mol. The second-order valence-electron chi connectivity index (χ2n) is 10.4. The highest BCUT2D eigenvalue weighted by Gasteiger charge is 2.41. The highest BCUT2D eigenvalue weighted by Crippen LogP contribution is 2.54. The van der Waals surface area contributed by atoms with Gasteiger partial charge in [-0.25, -0.2) is 0 Å². The Morgan fingerprint density at radius 3 is 2.12 bits per heavy atom. The topological polar surface area (TPSA) is 65.0 Å². The van der Waals surface area contributed by atoms with E-state index in [2.05, 4.69) is 89.6 Å². The lowest BCUT2D eigenvalue weighted by Gasteiger charge is -2.29. The predicted octanol–water partition coefficient (Wildman–Crippen LogP) is 7.20. The third kappa shape index (κ3) is 6.22. The number of aliphatic hydroxyl groups is 1. The molecule has 0 bridgehead atoms. The molecule has 1 N–H and O–H groups in total. The molecule has 4 aromatic carbocycles. The van der Waals surface area contributed by atoms with Gasteiger partial charge in [-0.1, -0.05) is 76.6 Å². The summed E-state index contributed by atoms with van der Waals surface area (Å²) in [5, 5.41) is 8.74. The van der Waals surface area contributed by atoms with Crippen molar-refractivity contribution >= 4 is 21.7 Å². The summed E-state index contributed by atoms with van der Waals surface area (Å²) in [6.45, 7) is 6.24. The lowest BCUT2D eigenvalue weighted by molar-refractivity contribution is 0.00443. The van der Waals surface area contributed by atoms with Crippen LogP contribution in [0.25, 0.3) is 22.3 Å². The molecule has 0 fully saturated rings. The second-order valence-corrected chi connectivity index (χ2v) is 11.3. The molecule has 0 saturated heterocycles. The SMILES string of the molecule is CC(=O)c1cc(C2(C)c3cc(Br)ccc3-c3ccc(-c4ccccc4)cc32)ccc1COCCOCCOCCO. The van der Waals surface area contributed by atoms with Gasteiger partial charge in [-0.2, -0.15) is 0 Å². The number of hydrogen-bond acceptors (Lipinski definition) is 5. The van der Waals surface area contributed by atoms with Crippen LogP contribution in [0.2, 0.25) is 0 Å². The highest BCUT2D eigenvalue weighted by atomic mass is 79.9. The predicted molar refractivity (Wildman–Crippen MR) is 165 cm³/mol. The second kappa shape index (κ2) is 13.2. The normalized spacial score (nSPS) is 15.5. The Morgan fingerprint density at radius 1 is 0.756 bits per heavy atom. The van der Waals surface area contributed by atoms with Crippen molar-refractivity contribution in [2.45, 2.75) is 25.9 Å². The van der Waals surface area contributed by atoms with E-state index in [1.165, 1.54) is 33.4 Å². The van der Waals surface area contributed by atoms with E-state index in [9.17, 15) is 4.79 Å². The molecule has 1 aliphatic rings. The smallest absolute Gasteiger partial charge is 0.160 e. The molecule has 1 atom stereocenters. The summed E-state index contributed by atoms with van der Waals surface area (Å²) in [6.07, 6.45) is 0. The molecule has 1 aliphatic carbocycles. The molecular formula is C35H35BrO5. The van der Waals surface area contributed by atoms with Crippen molar-refractivity contribution in [2.75, 3.05) is 39.6 Å². The number of halogens is 1. The number of fused-ring (bicyclic) bond motifs is 3. The minimum absolute atomic E-state index is 0.00479. The van der Waals surface area contributed by atoms with E-state index in [1.807, 2.05) is 18.2 Å². The van der Waals surface area contributed by atoms with Crippen molar-refractivity contribution < 1.29 is 24.1 Å². The van der Waals surface area contributed by atoms with E-state index < -0.39 is 5.41 Å². The number of ether oxygens (including phenoxy) is 3. The first-order valence-electron chi connectivity index (χ1n) is 13.9. The Bertz CT molecular complexity index is 1520. The van der Waals surface area contributed by atoms with Crippen LogP contribution >= 0.6 is 15.9 Å². The Kier molecular flexibility index (Phi) is 9.48. The van der Waals surface area contributed by atoms with E-state index in [0.29, 0.717) is 45.2 Å². The quantitative estimate of drug-likeness (QED) is 0.127. The number of hydrogen-bond donors (Lipinski definition) is 1. The Balaban J connectivity index is 1.43. The van der Waals surface area contributed by atoms with Crippen molar-refractivity contribution in [2.24, 2.45) is 0 Å². The first kappa shape index (κ1) is 29.4. The number of ketones is 1. The van der Waals surface area contributed by atoms with Gasteiger partial charge in [-0.15, -0.1) is 0 Å². The van der Waals surface area contributed by atoms with Crippen LogP contribution in [0.5, 0.6) is 0 Å². The Morgan fingerprint density at radius 2 is 1.41 bits per heavy atom. The van der Waals surface area contributed by atoms with Crippen LogP contribution in [-0.2, 0) is 26.2 Å². The van der Waals surface area contributed by atoms with Crippen molar-refractivity contribution in [1.82, 2.24) is 0 Å². The maximum absolute atomic E-state index is 12.9. The first-order chi connectivity index (χ1) is 19.9. The van der Waals surface area contributed by atoms with Gasteiger partial charge in [0.2, 0.25) is 0 Å². The minimum atomic E-state index is -0.450. The minimum Gasteiger partial charge on any atom is -0.394 e. The van der Waals surface area contributed by atoms with Crippen LogP contribution in [0.3, 0.4) is 0 Å². The zero-order chi connectivity index (χ0) is 28.8. The highest BCUT2D eigenvalue weighted by molar-refractivity contribution is 9.10. The van der Waals surface area contributed by atoms with Crippen LogP contribution in [-0.4, -0.2) is 50.5 Å². The standard InChI is InChI=1S/C35H35BrO5/c1-24(38)32-21-28(10-8-27(32)23-41-19-18-40-17-16-39-15-14-37)35(2)33-20-26(25-6-4-3-5-7-25)9-12-30(33)31-13-11-29(36)22-34(31)35/h3-13,20-22,37H,14-19,23H2,1-2H3. The van der Waals surface area contributed by atoms with Gasteiger partial charge in [0.25, 0.3) is 0 Å². The van der Waals surface area contributed by atoms with Gasteiger partial charge in [0, 0.05) is 15.5 Å². The Hall–Kier alpha value is -3.13. The molecular weight excluding hydrogens is 580 g/mol. The van der Waals surface area contributed by atoms with Crippen LogP contribution in [0.1, 0.15) is 46.5 Å². The van der Waals surface area contributed by atoms with E-state index in [1.54, 1.807) is 6.92 Å². The van der Waals surface area contributed by atoms with E-state index in [0.717, 1.165) is 15.6 Å². The molecule has 0 aliphatic heterocycles. The van der Waals surface area contributed by atoms with Crippen molar-refractivity contribution in [1.29, 1.82) is 0 Å². The molecule has 0 saturated carbocycles. The molecule has 6 heteroatoms. The average molecular weight is 616 g/mol. The fourth-order valence-electron chi connectivity index (χ4n) is 5.65.